The van der Waals surface area contributed by atoms with Crippen molar-refractivity contribution in [3.8, 4) is 0 Å². The van der Waals surface area contributed by atoms with Gasteiger partial charge in [-0.05, 0) is 36.8 Å². The van der Waals surface area contributed by atoms with Crippen LogP contribution in [0.3, 0.4) is 0 Å². The van der Waals surface area contributed by atoms with Crippen molar-refractivity contribution in [3.05, 3.63) is 54.9 Å². The van der Waals surface area contributed by atoms with Crippen LogP contribution in [0.5, 0.6) is 0 Å². The standard InChI is InChI=1S/C20H21N5O3S/c26-20(10-12-25-14-22-17-7-1-2-8-18(17)25)23-15-5-3-6-16(13-15)29(27,28)24-19-9-4-11-21-19/h1-3,5-8,13-14H,4,9-12H2,(H,21,24)(H,23,26). The second-order valence-corrected chi connectivity index (χ2v) is 8.47. The summed E-state index contributed by atoms with van der Waals surface area (Å²) in [7, 11) is -3.72. The van der Waals surface area contributed by atoms with E-state index < -0.39 is 10.0 Å². The Morgan fingerprint density at radius 2 is 2.00 bits per heavy atom. The van der Waals surface area contributed by atoms with Crippen LogP contribution in [0, 0.1) is 0 Å². The molecular formula is C20H21N5O3S. The molecule has 0 aliphatic carbocycles. The van der Waals surface area contributed by atoms with Gasteiger partial charge >= 0.3 is 0 Å². The quantitative estimate of drug-likeness (QED) is 0.650. The van der Waals surface area contributed by atoms with Crippen molar-refractivity contribution in [3.63, 3.8) is 0 Å². The van der Waals surface area contributed by atoms with Crippen molar-refractivity contribution in [2.75, 3.05) is 11.9 Å². The zero-order valence-electron chi connectivity index (χ0n) is 15.7. The summed E-state index contributed by atoms with van der Waals surface area (Å²) < 4.78 is 29.5. The highest BCUT2D eigenvalue weighted by molar-refractivity contribution is 7.90. The fraction of sp³-hybridized carbons (Fsp3) is 0.250. The van der Waals surface area contributed by atoms with Crippen LogP contribution in [0.1, 0.15) is 19.3 Å². The number of carbonyl (C=O) groups excluding carboxylic acids is 1. The minimum absolute atomic E-state index is 0.0884. The number of fused-ring (bicyclic) bond motifs is 1. The second-order valence-electron chi connectivity index (χ2n) is 6.79. The molecule has 0 saturated carbocycles. The number of aliphatic imine (C=N–C) groups is 1. The maximum Gasteiger partial charge on any atom is 0.262 e. The molecule has 0 unspecified atom stereocenters. The average molecular weight is 411 g/mol. The molecule has 9 heteroatoms. The predicted octanol–water partition coefficient (Wildman–Crippen LogP) is 2.54. The Kier molecular flexibility index (Phi) is 5.30. The maximum atomic E-state index is 12.5. The molecule has 0 saturated heterocycles. The molecule has 1 aliphatic heterocycles. The van der Waals surface area contributed by atoms with Crippen LogP contribution in [0.2, 0.25) is 0 Å². The highest BCUT2D eigenvalue weighted by Crippen LogP contribution is 2.17. The fourth-order valence-electron chi connectivity index (χ4n) is 3.21. The lowest BCUT2D eigenvalue weighted by Gasteiger charge is -2.10. The Morgan fingerprint density at radius 3 is 2.83 bits per heavy atom. The first-order valence-corrected chi connectivity index (χ1v) is 10.9. The Hall–Kier alpha value is -3.20. The van der Waals surface area contributed by atoms with E-state index in [1.807, 2.05) is 28.8 Å². The number of imidazole rings is 1. The molecule has 0 bridgehead atoms. The molecule has 0 radical (unpaired) electrons. The summed E-state index contributed by atoms with van der Waals surface area (Å²) in [6, 6.07) is 13.9. The summed E-state index contributed by atoms with van der Waals surface area (Å²) in [6.07, 6.45) is 3.42. The van der Waals surface area contributed by atoms with Crippen LogP contribution >= 0.6 is 0 Å². The van der Waals surface area contributed by atoms with Crippen LogP contribution in [0.15, 0.2) is 64.7 Å². The van der Waals surface area contributed by atoms with Crippen molar-refractivity contribution in [2.45, 2.75) is 30.7 Å². The number of sulfonamides is 1. The number of anilines is 1. The number of carbonyl (C=O) groups is 1. The number of nitrogens with zero attached hydrogens (tertiary/aromatic N) is 3. The Balaban J connectivity index is 1.40. The van der Waals surface area contributed by atoms with E-state index in [0.29, 0.717) is 31.0 Å². The van der Waals surface area contributed by atoms with Crippen LogP contribution in [0.4, 0.5) is 5.69 Å². The van der Waals surface area contributed by atoms with E-state index in [9.17, 15) is 13.2 Å². The molecule has 29 heavy (non-hydrogen) atoms. The molecule has 0 fully saturated rings. The topological polar surface area (TPSA) is 105 Å². The maximum absolute atomic E-state index is 12.5. The zero-order valence-corrected chi connectivity index (χ0v) is 16.5. The smallest absolute Gasteiger partial charge is 0.262 e. The van der Waals surface area contributed by atoms with Crippen LogP contribution < -0.4 is 10.0 Å². The van der Waals surface area contributed by atoms with E-state index in [0.717, 1.165) is 17.5 Å². The van der Waals surface area contributed by atoms with Gasteiger partial charge < -0.3 is 9.88 Å². The molecule has 2 heterocycles. The van der Waals surface area contributed by atoms with Gasteiger partial charge in [-0.2, -0.15) is 0 Å². The fourth-order valence-corrected chi connectivity index (χ4v) is 4.35. The van der Waals surface area contributed by atoms with Gasteiger partial charge in [0.05, 0.1) is 22.3 Å². The number of hydrogen-bond acceptors (Lipinski definition) is 5. The third kappa shape index (κ3) is 4.45. The summed E-state index contributed by atoms with van der Waals surface area (Å²) in [4.78, 5) is 20.9. The molecular weight excluding hydrogens is 390 g/mol. The Morgan fingerprint density at radius 1 is 1.14 bits per heavy atom. The number of amidine groups is 1. The Bertz CT molecular complexity index is 1180. The first-order chi connectivity index (χ1) is 14.0. The first kappa shape index (κ1) is 19.1. The molecule has 0 atom stereocenters. The van der Waals surface area contributed by atoms with Crippen molar-refractivity contribution < 1.29 is 13.2 Å². The molecule has 150 valence electrons. The number of para-hydroxylation sites is 2. The zero-order chi connectivity index (χ0) is 20.3. The third-order valence-corrected chi connectivity index (χ3v) is 6.04. The summed E-state index contributed by atoms with van der Waals surface area (Å²) in [5.74, 6) is 0.275. The van der Waals surface area contributed by atoms with E-state index in [1.165, 1.54) is 12.1 Å². The molecule has 3 aromatic rings. The van der Waals surface area contributed by atoms with E-state index in [1.54, 1.807) is 18.5 Å². The van der Waals surface area contributed by atoms with Gasteiger partial charge in [0.1, 0.15) is 5.84 Å². The van der Waals surface area contributed by atoms with Crippen molar-refractivity contribution >= 4 is 38.5 Å². The van der Waals surface area contributed by atoms with Gasteiger partial charge in [0.25, 0.3) is 10.0 Å². The SMILES string of the molecule is O=C(CCn1cnc2ccccc21)Nc1cccc(S(=O)(=O)NC2=NCCC2)c1. The average Bonchev–Trinajstić information content (AvgIpc) is 3.36. The normalized spacial score (nSPS) is 14.0. The van der Waals surface area contributed by atoms with Crippen molar-refractivity contribution in [1.29, 1.82) is 0 Å². The van der Waals surface area contributed by atoms with Crippen molar-refractivity contribution in [1.82, 2.24) is 14.3 Å². The third-order valence-electron chi connectivity index (χ3n) is 4.66. The number of amides is 1. The summed E-state index contributed by atoms with van der Waals surface area (Å²) in [5.41, 5.74) is 2.28. The van der Waals surface area contributed by atoms with Crippen molar-refractivity contribution in [2.24, 2.45) is 4.99 Å². The largest absolute Gasteiger partial charge is 0.330 e. The van der Waals surface area contributed by atoms with Crippen LogP contribution in [-0.4, -0.2) is 36.3 Å². The molecule has 1 aliphatic rings. The number of rotatable bonds is 6. The number of nitrogens with one attached hydrogen (secondary N) is 2. The van der Waals surface area contributed by atoms with Gasteiger partial charge in [-0.25, -0.2) is 13.4 Å². The van der Waals surface area contributed by atoms with E-state index in [-0.39, 0.29) is 17.2 Å². The van der Waals surface area contributed by atoms with Gasteiger partial charge in [0, 0.05) is 31.6 Å². The lowest BCUT2D eigenvalue weighted by atomic mass is 10.3. The molecule has 1 aromatic heterocycles. The van der Waals surface area contributed by atoms with Crippen LogP contribution in [0.25, 0.3) is 11.0 Å². The molecule has 0 spiro atoms. The lowest BCUT2D eigenvalue weighted by Crippen LogP contribution is -2.29. The minimum atomic E-state index is -3.72. The Labute approximate surface area is 168 Å². The number of aryl methyl sites for hydroxylation is 1. The highest BCUT2D eigenvalue weighted by Gasteiger charge is 2.18. The van der Waals surface area contributed by atoms with Gasteiger partial charge in [-0.3, -0.25) is 14.5 Å². The van der Waals surface area contributed by atoms with E-state index >= 15 is 0 Å². The summed E-state index contributed by atoms with van der Waals surface area (Å²) >= 11 is 0. The lowest BCUT2D eigenvalue weighted by molar-refractivity contribution is -0.116. The number of hydrogen-bond donors (Lipinski definition) is 2. The molecule has 2 aromatic carbocycles. The molecule has 1 amide bonds. The monoisotopic (exact) mass is 411 g/mol. The van der Waals surface area contributed by atoms with Gasteiger partial charge in [0.15, 0.2) is 0 Å². The summed E-state index contributed by atoms with van der Waals surface area (Å²) in [6.45, 7) is 1.12. The molecule has 4 rings (SSSR count). The van der Waals surface area contributed by atoms with Gasteiger partial charge in [0.2, 0.25) is 5.91 Å². The predicted molar refractivity (Wildman–Crippen MR) is 111 cm³/mol. The van der Waals surface area contributed by atoms with E-state index in [2.05, 4.69) is 20.0 Å². The highest BCUT2D eigenvalue weighted by atomic mass is 32.2. The number of benzene rings is 2. The summed E-state index contributed by atoms with van der Waals surface area (Å²) in [5, 5.41) is 2.76. The van der Waals surface area contributed by atoms with Gasteiger partial charge in [-0.1, -0.05) is 18.2 Å². The molecule has 8 nitrogen and oxygen atoms in total. The minimum Gasteiger partial charge on any atom is -0.330 e. The van der Waals surface area contributed by atoms with Crippen LogP contribution in [-0.2, 0) is 21.4 Å². The first-order valence-electron chi connectivity index (χ1n) is 9.37. The molecule has 2 N–H and O–H groups in total. The second kappa shape index (κ2) is 8.04. The van der Waals surface area contributed by atoms with E-state index in [4.69, 9.17) is 0 Å². The van der Waals surface area contributed by atoms with Gasteiger partial charge in [-0.15, -0.1) is 0 Å². The number of aromatic nitrogens is 2.